The van der Waals surface area contributed by atoms with Crippen molar-refractivity contribution in [3.05, 3.63) is 80.8 Å². The lowest BCUT2D eigenvalue weighted by atomic mass is 10.1. The zero-order valence-corrected chi connectivity index (χ0v) is 20.6. The summed E-state index contributed by atoms with van der Waals surface area (Å²) in [6, 6.07) is 18.0. The second kappa shape index (κ2) is 10.2. The van der Waals surface area contributed by atoms with Crippen molar-refractivity contribution in [2.24, 2.45) is 0 Å². The van der Waals surface area contributed by atoms with Gasteiger partial charge in [-0.1, -0.05) is 102 Å². The van der Waals surface area contributed by atoms with Crippen LogP contribution in [0.4, 0.5) is 0 Å². The topological polar surface area (TPSA) is 47.9 Å². The molecule has 0 radical (unpaired) electrons. The van der Waals surface area contributed by atoms with Gasteiger partial charge in [0.15, 0.2) is 17.8 Å². The van der Waals surface area contributed by atoms with Crippen LogP contribution in [-0.2, 0) is 4.52 Å². The van der Waals surface area contributed by atoms with Gasteiger partial charge in [0.05, 0.1) is 20.1 Å². The Morgan fingerprint density at radius 1 is 0.719 bits per heavy atom. The molecular formula is C23H17Cl4O4P. The molecule has 4 rings (SSSR count). The predicted octanol–water partition coefficient (Wildman–Crippen LogP) is 9.04. The fourth-order valence-electron chi connectivity index (χ4n) is 3.12. The fraction of sp³-hybridized carbons (Fsp3) is 0.130. The molecule has 0 bridgehead atoms. The predicted molar refractivity (Wildman–Crippen MR) is 133 cm³/mol. The Hall–Kier alpha value is -1.49. The van der Waals surface area contributed by atoms with E-state index in [1.807, 2.05) is 48.5 Å². The van der Waals surface area contributed by atoms with Crippen LogP contribution in [0.15, 0.2) is 60.7 Å². The van der Waals surface area contributed by atoms with Gasteiger partial charge in [-0.25, -0.2) is 0 Å². The average molecular weight is 530 g/mol. The Morgan fingerprint density at radius 2 is 1.12 bits per heavy atom. The Bertz CT molecular complexity index is 1190. The molecule has 0 aliphatic carbocycles. The van der Waals surface area contributed by atoms with Crippen molar-refractivity contribution in [2.75, 3.05) is 0 Å². The summed E-state index contributed by atoms with van der Waals surface area (Å²) in [7, 11) is -2.16. The molecule has 0 aliphatic rings. The van der Waals surface area contributed by atoms with Gasteiger partial charge >= 0.3 is 8.60 Å². The molecule has 4 aromatic rings. The van der Waals surface area contributed by atoms with Crippen LogP contribution >= 0.6 is 55.0 Å². The smallest absolute Gasteiger partial charge is 0.415 e. The van der Waals surface area contributed by atoms with Crippen LogP contribution in [0.3, 0.4) is 0 Å². The zero-order valence-electron chi connectivity index (χ0n) is 16.7. The molecule has 0 aliphatic heterocycles. The number of rotatable bonds is 7. The number of benzene rings is 4. The molecule has 0 heterocycles. The first-order valence-electron chi connectivity index (χ1n) is 9.63. The van der Waals surface area contributed by atoms with E-state index < -0.39 is 14.9 Å². The van der Waals surface area contributed by atoms with Crippen LogP contribution in [0.5, 0.6) is 11.5 Å². The van der Waals surface area contributed by atoms with Gasteiger partial charge in [0.2, 0.25) is 0 Å². The summed E-state index contributed by atoms with van der Waals surface area (Å²) in [5.74, 6) is 0.658. The molecule has 0 aromatic heterocycles. The third-order valence-electron chi connectivity index (χ3n) is 4.69. The molecule has 1 unspecified atom stereocenters. The van der Waals surface area contributed by atoms with Gasteiger partial charge in [-0.3, -0.25) is 4.52 Å². The quantitative estimate of drug-likeness (QED) is 0.191. The standard InChI is InChI=1S/C23H17Cl4O4P/c1-2-21(28)29-32(30-22-15-9-5-3-7-13(15)17(24)11-19(22)26)31-23-16-10-6-4-8-14(16)18(25)12-20(23)27/h3-12,21,28H,2H2,1H3. The molecular weight excluding hydrogens is 513 g/mol. The van der Waals surface area contributed by atoms with Crippen molar-refractivity contribution in [1.82, 2.24) is 0 Å². The summed E-state index contributed by atoms with van der Waals surface area (Å²) < 4.78 is 17.9. The lowest BCUT2D eigenvalue weighted by molar-refractivity contribution is -0.0240. The van der Waals surface area contributed by atoms with Crippen molar-refractivity contribution in [3.8, 4) is 11.5 Å². The molecule has 32 heavy (non-hydrogen) atoms. The zero-order chi connectivity index (χ0) is 22.8. The van der Waals surface area contributed by atoms with E-state index in [1.165, 1.54) is 0 Å². The Balaban J connectivity index is 1.78. The van der Waals surface area contributed by atoms with E-state index in [0.717, 1.165) is 10.8 Å². The summed E-state index contributed by atoms with van der Waals surface area (Å²) in [5, 5.41) is 14.6. The van der Waals surface area contributed by atoms with Gasteiger partial charge < -0.3 is 14.2 Å². The summed E-state index contributed by atoms with van der Waals surface area (Å²) in [6.45, 7) is 1.77. The maximum Gasteiger partial charge on any atom is 0.465 e. The SMILES string of the molecule is CCC(O)OP(Oc1c(Cl)cc(Cl)c2ccccc12)Oc1c(Cl)cc(Cl)c2ccccc12. The van der Waals surface area contributed by atoms with Gasteiger partial charge in [-0.2, -0.15) is 0 Å². The highest BCUT2D eigenvalue weighted by molar-refractivity contribution is 7.42. The van der Waals surface area contributed by atoms with Crippen LogP contribution in [0.25, 0.3) is 21.5 Å². The Morgan fingerprint density at radius 3 is 1.53 bits per heavy atom. The lowest BCUT2D eigenvalue weighted by Crippen LogP contribution is -2.11. The first-order valence-corrected chi connectivity index (χ1v) is 12.2. The molecule has 0 amide bonds. The van der Waals surface area contributed by atoms with E-state index in [1.54, 1.807) is 19.1 Å². The Labute approximate surface area is 206 Å². The van der Waals surface area contributed by atoms with Crippen molar-refractivity contribution in [1.29, 1.82) is 0 Å². The number of aliphatic hydroxyl groups is 1. The van der Waals surface area contributed by atoms with Crippen LogP contribution in [0.1, 0.15) is 13.3 Å². The lowest BCUT2D eigenvalue weighted by Gasteiger charge is -2.22. The Kier molecular flexibility index (Phi) is 7.54. The molecule has 1 N–H and O–H groups in total. The van der Waals surface area contributed by atoms with Gasteiger partial charge in [0, 0.05) is 21.5 Å². The van der Waals surface area contributed by atoms with E-state index in [4.69, 9.17) is 60.0 Å². The molecule has 166 valence electrons. The minimum Gasteiger partial charge on any atom is -0.415 e. The van der Waals surface area contributed by atoms with Gasteiger partial charge in [-0.15, -0.1) is 0 Å². The highest BCUT2D eigenvalue weighted by atomic mass is 35.5. The third kappa shape index (κ3) is 4.88. The normalized spacial score (nSPS) is 12.5. The number of aliphatic hydroxyl groups excluding tert-OH is 1. The number of hydrogen-bond donors (Lipinski definition) is 1. The van der Waals surface area contributed by atoms with Crippen molar-refractivity contribution in [3.63, 3.8) is 0 Å². The summed E-state index contributed by atoms with van der Waals surface area (Å²) >= 11 is 25.6. The van der Waals surface area contributed by atoms with Crippen molar-refractivity contribution in [2.45, 2.75) is 19.6 Å². The minimum atomic E-state index is -2.16. The molecule has 0 saturated carbocycles. The maximum absolute atomic E-state index is 10.2. The molecule has 1 atom stereocenters. The molecule has 0 fully saturated rings. The highest BCUT2D eigenvalue weighted by Gasteiger charge is 2.26. The summed E-state index contributed by atoms with van der Waals surface area (Å²) in [6.07, 6.45) is -0.786. The molecule has 9 heteroatoms. The maximum atomic E-state index is 10.2. The number of hydrogen-bond acceptors (Lipinski definition) is 4. The van der Waals surface area contributed by atoms with E-state index >= 15 is 0 Å². The highest BCUT2D eigenvalue weighted by Crippen LogP contribution is 2.51. The second-order valence-electron chi connectivity index (χ2n) is 6.80. The van der Waals surface area contributed by atoms with Crippen molar-refractivity contribution >= 4 is 76.6 Å². The second-order valence-corrected chi connectivity index (χ2v) is 9.46. The largest absolute Gasteiger partial charge is 0.465 e. The van der Waals surface area contributed by atoms with E-state index in [9.17, 15) is 5.11 Å². The molecule has 0 spiro atoms. The van der Waals surface area contributed by atoms with E-state index in [-0.39, 0.29) is 10.0 Å². The summed E-state index contributed by atoms with van der Waals surface area (Å²) in [5.41, 5.74) is 0. The summed E-state index contributed by atoms with van der Waals surface area (Å²) in [4.78, 5) is 0. The minimum absolute atomic E-state index is 0.284. The first kappa shape index (κ1) is 23.7. The van der Waals surface area contributed by atoms with E-state index in [0.29, 0.717) is 38.7 Å². The number of halogens is 4. The first-order chi connectivity index (χ1) is 15.4. The van der Waals surface area contributed by atoms with Gasteiger partial charge in [-0.05, 0) is 18.6 Å². The van der Waals surface area contributed by atoms with Crippen LogP contribution in [0.2, 0.25) is 20.1 Å². The van der Waals surface area contributed by atoms with Crippen LogP contribution in [0, 0.1) is 0 Å². The molecule has 0 saturated heterocycles. The monoisotopic (exact) mass is 528 g/mol. The number of fused-ring (bicyclic) bond motifs is 2. The van der Waals surface area contributed by atoms with Gasteiger partial charge in [0.1, 0.15) is 0 Å². The fourth-order valence-corrected chi connectivity index (χ4v) is 5.54. The molecule has 4 nitrogen and oxygen atoms in total. The molecule has 4 aromatic carbocycles. The van der Waals surface area contributed by atoms with Crippen LogP contribution < -0.4 is 9.05 Å². The average Bonchev–Trinajstić information content (AvgIpc) is 2.79. The van der Waals surface area contributed by atoms with E-state index in [2.05, 4.69) is 0 Å². The van der Waals surface area contributed by atoms with Crippen LogP contribution in [-0.4, -0.2) is 11.4 Å². The van der Waals surface area contributed by atoms with Crippen molar-refractivity contribution < 1.29 is 18.7 Å². The third-order valence-corrected chi connectivity index (χ3v) is 6.95. The van der Waals surface area contributed by atoms with Gasteiger partial charge in [0.25, 0.3) is 0 Å².